The first-order valence-electron chi connectivity index (χ1n) is 7.02. The summed E-state index contributed by atoms with van der Waals surface area (Å²) in [7, 11) is 0. The van der Waals surface area contributed by atoms with E-state index in [9.17, 15) is 4.79 Å². The lowest BCUT2D eigenvalue weighted by atomic mass is 9.90. The molecule has 4 heteroatoms. The van der Waals surface area contributed by atoms with Crippen molar-refractivity contribution in [3.63, 3.8) is 0 Å². The number of alkyl carbamates (subject to hydrolysis) is 1. The van der Waals surface area contributed by atoms with Gasteiger partial charge in [-0.1, -0.05) is 5.92 Å². The highest BCUT2D eigenvalue weighted by molar-refractivity contribution is 5.68. The maximum absolute atomic E-state index is 11.7. The maximum Gasteiger partial charge on any atom is 0.407 e. The van der Waals surface area contributed by atoms with Crippen LogP contribution in [0.15, 0.2) is 0 Å². The molecular formula is C15H26N2O2. The zero-order valence-electron chi connectivity index (χ0n) is 12.5. The minimum absolute atomic E-state index is 0.0743. The van der Waals surface area contributed by atoms with Crippen LogP contribution in [-0.2, 0) is 4.74 Å². The Morgan fingerprint density at radius 2 is 2.00 bits per heavy atom. The molecule has 0 heterocycles. The Hall–Kier alpha value is -1.21. The highest BCUT2D eigenvalue weighted by Crippen LogP contribution is 2.19. The number of ether oxygens (including phenoxy) is 1. The van der Waals surface area contributed by atoms with Gasteiger partial charge >= 0.3 is 6.09 Å². The van der Waals surface area contributed by atoms with Gasteiger partial charge in [-0.3, -0.25) is 0 Å². The van der Waals surface area contributed by atoms with Crippen LogP contribution in [0.5, 0.6) is 0 Å². The zero-order chi connectivity index (χ0) is 14.5. The van der Waals surface area contributed by atoms with E-state index in [0.717, 1.165) is 25.7 Å². The van der Waals surface area contributed by atoms with Crippen LogP contribution < -0.4 is 10.6 Å². The Balaban J connectivity index is 2.39. The monoisotopic (exact) mass is 266 g/mol. The summed E-state index contributed by atoms with van der Waals surface area (Å²) in [6.45, 7) is 7.58. The van der Waals surface area contributed by atoms with Gasteiger partial charge < -0.3 is 15.4 Å². The average molecular weight is 266 g/mol. The van der Waals surface area contributed by atoms with Crippen molar-refractivity contribution in [1.29, 1.82) is 0 Å². The van der Waals surface area contributed by atoms with Crippen LogP contribution in [0, 0.1) is 12.3 Å². The predicted molar refractivity (Wildman–Crippen MR) is 76.8 cm³/mol. The number of rotatable bonds is 3. The number of hydrogen-bond donors (Lipinski definition) is 2. The van der Waals surface area contributed by atoms with Gasteiger partial charge in [-0.05, 0) is 53.4 Å². The molecule has 108 valence electrons. The minimum Gasteiger partial charge on any atom is -0.444 e. The van der Waals surface area contributed by atoms with Gasteiger partial charge in [0.05, 0.1) is 6.04 Å². The normalized spacial score (nSPS) is 25.2. The van der Waals surface area contributed by atoms with Crippen molar-refractivity contribution in [2.24, 2.45) is 0 Å². The molecule has 4 nitrogen and oxygen atoms in total. The predicted octanol–water partition coefficient (Wildman–Crippen LogP) is 2.43. The average Bonchev–Trinajstić information content (AvgIpc) is 2.26. The van der Waals surface area contributed by atoms with E-state index in [1.165, 1.54) is 0 Å². The van der Waals surface area contributed by atoms with Crippen LogP contribution >= 0.6 is 0 Å². The summed E-state index contributed by atoms with van der Waals surface area (Å²) >= 11 is 0. The largest absolute Gasteiger partial charge is 0.444 e. The number of carbonyl (C=O) groups excluding carboxylic acids is 1. The molecule has 0 aromatic carbocycles. The number of hydrogen-bond acceptors (Lipinski definition) is 3. The fourth-order valence-electron chi connectivity index (χ4n) is 2.35. The fourth-order valence-corrected chi connectivity index (χ4v) is 2.35. The first-order chi connectivity index (χ1) is 8.80. The summed E-state index contributed by atoms with van der Waals surface area (Å²) in [5.74, 6) is 2.68. The molecule has 0 bridgehead atoms. The summed E-state index contributed by atoms with van der Waals surface area (Å²) in [5.41, 5.74) is -0.450. The van der Waals surface area contributed by atoms with Gasteiger partial charge in [-0.2, -0.15) is 0 Å². The summed E-state index contributed by atoms with van der Waals surface area (Å²) < 4.78 is 5.28. The molecule has 0 spiro atoms. The molecule has 3 unspecified atom stereocenters. The topological polar surface area (TPSA) is 50.4 Å². The highest BCUT2D eigenvalue weighted by atomic mass is 16.6. The maximum atomic E-state index is 11.7. The van der Waals surface area contributed by atoms with Gasteiger partial charge in [0.15, 0.2) is 0 Å². The van der Waals surface area contributed by atoms with Gasteiger partial charge in [0.2, 0.25) is 0 Å². The molecule has 19 heavy (non-hydrogen) atoms. The molecule has 2 N–H and O–H groups in total. The van der Waals surface area contributed by atoms with Crippen molar-refractivity contribution in [2.75, 3.05) is 0 Å². The number of amides is 1. The third-order valence-corrected chi connectivity index (χ3v) is 3.13. The van der Waals surface area contributed by atoms with Crippen molar-refractivity contribution in [3.8, 4) is 12.3 Å². The van der Waals surface area contributed by atoms with Gasteiger partial charge in [0, 0.05) is 12.1 Å². The van der Waals surface area contributed by atoms with Gasteiger partial charge in [0.1, 0.15) is 5.60 Å². The molecule has 0 aliphatic heterocycles. The van der Waals surface area contributed by atoms with Crippen LogP contribution in [0.2, 0.25) is 0 Å². The van der Waals surface area contributed by atoms with Crippen LogP contribution in [0.1, 0.15) is 53.4 Å². The Morgan fingerprint density at radius 3 is 2.58 bits per heavy atom. The van der Waals surface area contributed by atoms with E-state index in [4.69, 9.17) is 11.2 Å². The lowest BCUT2D eigenvalue weighted by molar-refractivity contribution is 0.0488. The SMILES string of the molecule is C#CC(C)NC1CCCC(NC(=O)OC(C)(C)C)C1. The molecule has 1 saturated carbocycles. The third kappa shape index (κ3) is 6.49. The van der Waals surface area contributed by atoms with Crippen LogP contribution in [-0.4, -0.2) is 29.8 Å². The summed E-state index contributed by atoms with van der Waals surface area (Å²) in [4.78, 5) is 11.7. The highest BCUT2D eigenvalue weighted by Gasteiger charge is 2.25. The van der Waals surface area contributed by atoms with Gasteiger partial charge in [-0.15, -0.1) is 6.42 Å². The first kappa shape index (κ1) is 15.8. The molecule has 0 saturated heterocycles. The number of nitrogens with one attached hydrogen (secondary N) is 2. The smallest absolute Gasteiger partial charge is 0.407 e. The van der Waals surface area contributed by atoms with Crippen LogP contribution in [0.25, 0.3) is 0 Å². The van der Waals surface area contributed by atoms with Crippen molar-refractivity contribution in [1.82, 2.24) is 10.6 Å². The number of terminal acetylenes is 1. The Morgan fingerprint density at radius 1 is 1.37 bits per heavy atom. The molecule has 1 fully saturated rings. The van der Waals surface area contributed by atoms with Gasteiger partial charge in [-0.25, -0.2) is 4.79 Å². The number of carbonyl (C=O) groups is 1. The molecule has 1 rings (SSSR count). The second kappa shape index (κ2) is 6.81. The minimum atomic E-state index is -0.450. The fraction of sp³-hybridized carbons (Fsp3) is 0.800. The quantitative estimate of drug-likeness (QED) is 0.771. The second-order valence-corrected chi connectivity index (χ2v) is 6.26. The van der Waals surface area contributed by atoms with Gasteiger partial charge in [0.25, 0.3) is 0 Å². The van der Waals surface area contributed by atoms with Crippen molar-refractivity contribution >= 4 is 6.09 Å². The standard InChI is InChI=1S/C15H26N2O2/c1-6-11(2)16-12-8-7-9-13(10-12)17-14(18)19-15(3,4)5/h1,11-13,16H,7-10H2,2-5H3,(H,17,18). The molecule has 3 atom stereocenters. The van der Waals surface area contributed by atoms with Crippen molar-refractivity contribution < 1.29 is 9.53 Å². The molecule has 0 aromatic heterocycles. The van der Waals surface area contributed by atoms with E-state index in [-0.39, 0.29) is 18.2 Å². The van der Waals surface area contributed by atoms with E-state index < -0.39 is 5.60 Å². The van der Waals surface area contributed by atoms with Crippen molar-refractivity contribution in [3.05, 3.63) is 0 Å². The Labute approximate surface area is 116 Å². The summed E-state index contributed by atoms with van der Waals surface area (Å²) in [5, 5.41) is 6.34. The van der Waals surface area contributed by atoms with Crippen LogP contribution in [0.4, 0.5) is 4.79 Å². The van der Waals surface area contributed by atoms with E-state index in [2.05, 4.69) is 16.6 Å². The first-order valence-corrected chi connectivity index (χ1v) is 7.02. The Kier molecular flexibility index (Phi) is 5.68. The third-order valence-electron chi connectivity index (χ3n) is 3.13. The lowest BCUT2D eigenvalue weighted by Gasteiger charge is -2.32. The summed E-state index contributed by atoms with van der Waals surface area (Å²) in [6.07, 6.45) is 9.15. The lowest BCUT2D eigenvalue weighted by Crippen LogP contribution is -2.47. The molecule has 1 aliphatic rings. The van der Waals surface area contributed by atoms with E-state index in [0.29, 0.717) is 6.04 Å². The van der Waals surface area contributed by atoms with E-state index >= 15 is 0 Å². The molecular weight excluding hydrogens is 240 g/mol. The second-order valence-electron chi connectivity index (χ2n) is 6.26. The van der Waals surface area contributed by atoms with E-state index in [1.54, 1.807) is 0 Å². The van der Waals surface area contributed by atoms with E-state index in [1.807, 2.05) is 27.7 Å². The summed E-state index contributed by atoms with van der Waals surface area (Å²) in [6, 6.07) is 0.621. The molecule has 1 aliphatic carbocycles. The van der Waals surface area contributed by atoms with Crippen LogP contribution in [0.3, 0.4) is 0 Å². The molecule has 0 aromatic rings. The van der Waals surface area contributed by atoms with Crippen molar-refractivity contribution in [2.45, 2.75) is 77.1 Å². The Bertz CT molecular complexity index is 341. The molecule has 0 radical (unpaired) electrons. The zero-order valence-corrected chi connectivity index (χ0v) is 12.5. The molecule has 1 amide bonds.